The third-order valence-electron chi connectivity index (χ3n) is 5.55. The second-order valence-electron chi connectivity index (χ2n) is 7.13. The van der Waals surface area contributed by atoms with Crippen LogP contribution in [-0.2, 0) is 13.6 Å². The van der Waals surface area contributed by atoms with Crippen LogP contribution in [0.5, 0.6) is 0 Å². The van der Waals surface area contributed by atoms with Crippen molar-refractivity contribution < 1.29 is 0 Å². The van der Waals surface area contributed by atoms with Crippen LogP contribution in [0, 0.1) is 0 Å². The average molecular weight is 370 g/mol. The predicted molar refractivity (Wildman–Crippen MR) is 111 cm³/mol. The van der Waals surface area contributed by atoms with E-state index in [2.05, 4.69) is 80.6 Å². The van der Waals surface area contributed by atoms with Crippen LogP contribution in [0.4, 0.5) is 0 Å². The number of nitrogens with zero attached hydrogens (tertiary/aromatic N) is 6. The molecule has 5 rings (SSSR count). The fourth-order valence-electron chi connectivity index (χ4n) is 4.18. The molecule has 0 spiro atoms. The summed E-state index contributed by atoms with van der Waals surface area (Å²) in [6, 6.07) is 15.3. The normalized spacial score (nSPS) is 12.8. The van der Waals surface area contributed by atoms with Crippen molar-refractivity contribution >= 4 is 21.8 Å². The molecule has 0 amide bonds. The first-order valence-corrected chi connectivity index (χ1v) is 9.57. The third kappa shape index (κ3) is 2.37. The van der Waals surface area contributed by atoms with Gasteiger partial charge in [0, 0.05) is 53.4 Å². The number of rotatable bonds is 4. The Balaban J connectivity index is 1.68. The molecule has 6 nitrogen and oxygen atoms in total. The van der Waals surface area contributed by atoms with E-state index in [-0.39, 0.29) is 6.04 Å². The van der Waals surface area contributed by atoms with Gasteiger partial charge < -0.3 is 13.7 Å². The first kappa shape index (κ1) is 16.7. The fourth-order valence-corrected chi connectivity index (χ4v) is 4.18. The van der Waals surface area contributed by atoms with Crippen LogP contribution in [0.2, 0.25) is 0 Å². The Labute approximate surface area is 163 Å². The molecule has 0 radical (unpaired) electrons. The van der Waals surface area contributed by atoms with Gasteiger partial charge in [-0.05, 0) is 38.1 Å². The largest absolute Gasteiger partial charge is 0.341 e. The molecule has 140 valence electrons. The summed E-state index contributed by atoms with van der Waals surface area (Å²) < 4.78 is 6.47. The number of hydrogen-bond donors (Lipinski definition) is 0. The van der Waals surface area contributed by atoms with E-state index < -0.39 is 0 Å². The van der Waals surface area contributed by atoms with Crippen molar-refractivity contribution in [3.63, 3.8) is 0 Å². The lowest BCUT2D eigenvalue weighted by Crippen LogP contribution is -2.12. The minimum Gasteiger partial charge on any atom is -0.341 e. The standard InChI is InChI=1S/C22H22N6/c1-4-27-19-8-6-5-7-17(19)18-13-16(9-10-20(18)27)22-23-11-12-28(22)15(2)21-25-24-14-26(21)3/h5-15H,4H2,1-3H3. The average Bonchev–Trinajstić information content (AvgIpc) is 3.44. The topological polar surface area (TPSA) is 53.5 Å². The lowest BCUT2D eigenvalue weighted by atomic mass is 10.1. The number of imidazole rings is 1. The highest BCUT2D eigenvalue weighted by Crippen LogP contribution is 2.33. The molecule has 2 aromatic carbocycles. The van der Waals surface area contributed by atoms with Crippen LogP contribution in [0.25, 0.3) is 33.2 Å². The van der Waals surface area contributed by atoms with E-state index >= 15 is 0 Å². The SMILES string of the molecule is CCn1c2ccccc2c2cc(-c3nccn3C(C)c3nncn3C)ccc21. The van der Waals surface area contributed by atoms with E-state index in [9.17, 15) is 0 Å². The molecule has 0 aliphatic carbocycles. The molecule has 1 atom stereocenters. The summed E-state index contributed by atoms with van der Waals surface area (Å²) in [7, 11) is 1.97. The molecule has 0 saturated heterocycles. The Bertz CT molecular complexity index is 1290. The Morgan fingerprint density at radius 3 is 2.64 bits per heavy atom. The number of hydrogen-bond acceptors (Lipinski definition) is 3. The molecular formula is C22H22N6. The highest BCUT2D eigenvalue weighted by atomic mass is 15.3. The highest BCUT2D eigenvalue weighted by molar-refractivity contribution is 6.09. The zero-order chi connectivity index (χ0) is 19.3. The first-order chi connectivity index (χ1) is 13.7. The monoisotopic (exact) mass is 370 g/mol. The van der Waals surface area contributed by atoms with E-state index in [1.165, 1.54) is 21.8 Å². The first-order valence-electron chi connectivity index (χ1n) is 9.57. The van der Waals surface area contributed by atoms with Gasteiger partial charge in [0.2, 0.25) is 0 Å². The van der Waals surface area contributed by atoms with Crippen LogP contribution < -0.4 is 0 Å². The maximum absolute atomic E-state index is 4.66. The van der Waals surface area contributed by atoms with Crippen molar-refractivity contribution in [3.05, 3.63) is 67.0 Å². The van der Waals surface area contributed by atoms with Crippen LogP contribution in [0.15, 0.2) is 61.2 Å². The zero-order valence-corrected chi connectivity index (χ0v) is 16.2. The maximum Gasteiger partial charge on any atom is 0.155 e. The van der Waals surface area contributed by atoms with Crippen LogP contribution in [-0.4, -0.2) is 28.9 Å². The molecule has 0 N–H and O–H groups in total. The number of aromatic nitrogens is 6. The summed E-state index contributed by atoms with van der Waals surface area (Å²) >= 11 is 0. The summed E-state index contributed by atoms with van der Waals surface area (Å²) in [6.07, 6.45) is 5.59. The molecule has 0 aliphatic rings. The van der Waals surface area contributed by atoms with Gasteiger partial charge in [-0.15, -0.1) is 10.2 Å². The summed E-state index contributed by atoms with van der Waals surface area (Å²) in [6.45, 7) is 5.26. The number of fused-ring (bicyclic) bond motifs is 3. The minimum atomic E-state index is 0.0395. The van der Waals surface area contributed by atoms with Crippen molar-refractivity contribution in [1.82, 2.24) is 28.9 Å². The summed E-state index contributed by atoms with van der Waals surface area (Å²) in [5.41, 5.74) is 3.63. The van der Waals surface area contributed by atoms with Gasteiger partial charge in [-0.1, -0.05) is 18.2 Å². The van der Waals surface area contributed by atoms with Gasteiger partial charge >= 0.3 is 0 Å². The van der Waals surface area contributed by atoms with Crippen molar-refractivity contribution in [2.45, 2.75) is 26.4 Å². The lowest BCUT2D eigenvalue weighted by Gasteiger charge is -2.16. The number of benzene rings is 2. The van der Waals surface area contributed by atoms with Gasteiger partial charge in [0.15, 0.2) is 5.82 Å². The molecular weight excluding hydrogens is 348 g/mol. The van der Waals surface area contributed by atoms with E-state index in [0.29, 0.717) is 0 Å². The molecule has 0 fully saturated rings. The third-order valence-corrected chi connectivity index (χ3v) is 5.55. The Morgan fingerprint density at radius 2 is 1.86 bits per heavy atom. The second-order valence-corrected chi connectivity index (χ2v) is 7.13. The van der Waals surface area contributed by atoms with Crippen molar-refractivity contribution in [2.24, 2.45) is 7.05 Å². The molecule has 0 aliphatic heterocycles. The van der Waals surface area contributed by atoms with Crippen molar-refractivity contribution in [2.75, 3.05) is 0 Å². The van der Waals surface area contributed by atoms with Gasteiger partial charge in [0.05, 0.1) is 6.04 Å². The molecule has 28 heavy (non-hydrogen) atoms. The Kier molecular flexibility index (Phi) is 3.79. The molecule has 3 heterocycles. The summed E-state index contributed by atoms with van der Waals surface area (Å²) in [4.78, 5) is 4.66. The number of para-hydroxylation sites is 1. The van der Waals surface area contributed by atoms with Gasteiger partial charge in [0.25, 0.3) is 0 Å². The van der Waals surface area contributed by atoms with Gasteiger partial charge in [-0.3, -0.25) is 0 Å². The Hall–Kier alpha value is -3.41. The second kappa shape index (κ2) is 6.34. The smallest absolute Gasteiger partial charge is 0.155 e. The fraction of sp³-hybridized carbons (Fsp3) is 0.227. The van der Waals surface area contributed by atoms with Gasteiger partial charge in [-0.2, -0.15) is 0 Å². The van der Waals surface area contributed by atoms with Crippen LogP contribution in [0.1, 0.15) is 25.7 Å². The highest BCUT2D eigenvalue weighted by Gasteiger charge is 2.18. The van der Waals surface area contributed by atoms with Crippen LogP contribution in [0.3, 0.4) is 0 Å². The summed E-state index contributed by atoms with van der Waals surface area (Å²) in [5, 5.41) is 10.8. The van der Waals surface area contributed by atoms with Crippen molar-refractivity contribution in [3.8, 4) is 11.4 Å². The van der Waals surface area contributed by atoms with Gasteiger partial charge in [-0.25, -0.2) is 4.98 Å². The van der Waals surface area contributed by atoms with Gasteiger partial charge in [0.1, 0.15) is 12.2 Å². The predicted octanol–water partition coefficient (Wildman–Crippen LogP) is 4.42. The zero-order valence-electron chi connectivity index (χ0n) is 16.2. The van der Waals surface area contributed by atoms with E-state index in [4.69, 9.17) is 0 Å². The lowest BCUT2D eigenvalue weighted by molar-refractivity contribution is 0.578. The van der Waals surface area contributed by atoms with E-state index in [1.807, 2.05) is 24.0 Å². The molecule has 6 heteroatoms. The molecule has 1 unspecified atom stereocenters. The quantitative estimate of drug-likeness (QED) is 0.471. The number of aryl methyl sites for hydroxylation is 2. The molecule has 0 bridgehead atoms. The van der Waals surface area contributed by atoms with E-state index in [0.717, 1.165) is 23.8 Å². The van der Waals surface area contributed by atoms with Crippen LogP contribution >= 0.6 is 0 Å². The Morgan fingerprint density at radius 1 is 1.04 bits per heavy atom. The molecule has 0 saturated carbocycles. The van der Waals surface area contributed by atoms with Crippen molar-refractivity contribution in [1.29, 1.82) is 0 Å². The maximum atomic E-state index is 4.66. The molecule has 5 aromatic rings. The van der Waals surface area contributed by atoms with E-state index in [1.54, 1.807) is 6.33 Å². The minimum absolute atomic E-state index is 0.0395. The summed E-state index contributed by atoms with van der Waals surface area (Å²) in [5.74, 6) is 1.84. The molecule has 3 aromatic heterocycles.